The van der Waals surface area contributed by atoms with Gasteiger partial charge in [-0.15, -0.1) is 36.4 Å². The molecular weight excluding hydrogens is 659 g/mol. The third-order valence-electron chi connectivity index (χ3n) is 9.33. The van der Waals surface area contributed by atoms with Gasteiger partial charge in [0.15, 0.2) is 0 Å². The second-order valence-corrected chi connectivity index (χ2v) is 13.7. The smallest absolute Gasteiger partial charge is 0.0585 e. The Morgan fingerprint density at radius 1 is 0.551 bits per heavy atom. The molecule has 0 nitrogen and oxygen atoms in total. The molecule has 0 aliphatic rings. The number of aryl methyl sites for hydroxylation is 2. The van der Waals surface area contributed by atoms with Gasteiger partial charge < -0.3 is 0 Å². The van der Waals surface area contributed by atoms with Gasteiger partial charge in [0.25, 0.3) is 0 Å². The van der Waals surface area contributed by atoms with E-state index in [9.17, 15) is 0 Å². The molecule has 1 unspecified atom stereocenters. The second kappa shape index (κ2) is 20.2. The zero-order valence-electron chi connectivity index (χ0n) is 29.3. The first kappa shape index (κ1) is 39.9. The number of fused-ring (bicyclic) bond motifs is 2. The van der Waals surface area contributed by atoms with Crippen LogP contribution in [0.3, 0.4) is 0 Å². The predicted molar refractivity (Wildman–Crippen MR) is 222 cm³/mol. The quantitative estimate of drug-likeness (QED) is 0.117. The van der Waals surface area contributed by atoms with E-state index >= 15 is 0 Å². The van der Waals surface area contributed by atoms with Crippen LogP contribution in [0.1, 0.15) is 96.5 Å². The second-order valence-electron chi connectivity index (χ2n) is 13.1. The van der Waals surface area contributed by atoms with E-state index in [1.54, 1.807) is 0 Å². The van der Waals surface area contributed by atoms with E-state index in [2.05, 4.69) is 173 Å². The summed E-state index contributed by atoms with van der Waals surface area (Å²) in [6.45, 7) is 8.93. The van der Waals surface area contributed by atoms with E-state index in [1.165, 1.54) is 67.8 Å². The number of allylic oxidation sites excluding steroid dienone is 1. The zero-order chi connectivity index (χ0) is 33.0. The molecular formula is C46H51Cl3. The molecule has 6 aromatic carbocycles. The molecule has 6 rings (SSSR count). The fourth-order valence-corrected chi connectivity index (χ4v) is 6.94. The molecule has 0 aliphatic carbocycles. The normalized spacial score (nSPS) is 12.8. The number of alkyl halides is 1. The highest BCUT2D eigenvalue weighted by molar-refractivity contribution is 6.20. The molecule has 0 N–H and O–H groups in total. The average molecular weight is 710 g/mol. The van der Waals surface area contributed by atoms with E-state index < -0.39 is 0 Å². The molecule has 0 amide bonds. The van der Waals surface area contributed by atoms with Crippen LogP contribution in [0, 0.1) is 13.8 Å². The van der Waals surface area contributed by atoms with Gasteiger partial charge in [-0.1, -0.05) is 177 Å². The molecule has 0 bridgehead atoms. The van der Waals surface area contributed by atoms with Crippen LogP contribution in [0.25, 0.3) is 27.6 Å². The summed E-state index contributed by atoms with van der Waals surface area (Å²) in [6, 6.07) is 47.8. The molecule has 49 heavy (non-hydrogen) atoms. The number of halogens is 3. The lowest BCUT2D eigenvalue weighted by atomic mass is 9.90. The predicted octanol–water partition coefficient (Wildman–Crippen LogP) is 15.0. The van der Waals surface area contributed by atoms with Crippen LogP contribution in [-0.4, -0.2) is 0 Å². The number of rotatable bonds is 11. The van der Waals surface area contributed by atoms with Crippen LogP contribution in [0.4, 0.5) is 0 Å². The molecule has 0 fully saturated rings. The number of benzene rings is 6. The molecule has 0 aliphatic heterocycles. The Hall–Kier alpha value is -3.55. The number of hydrogen-bond donors (Lipinski definition) is 0. The van der Waals surface area contributed by atoms with Crippen LogP contribution < -0.4 is 0 Å². The van der Waals surface area contributed by atoms with Crippen LogP contribution in [0.5, 0.6) is 0 Å². The van der Waals surface area contributed by atoms with Crippen molar-refractivity contribution in [2.24, 2.45) is 0 Å². The Labute approximate surface area is 312 Å². The maximum absolute atomic E-state index is 6.60. The highest BCUT2D eigenvalue weighted by Crippen LogP contribution is 2.32. The number of hydrogen-bond acceptors (Lipinski definition) is 0. The summed E-state index contributed by atoms with van der Waals surface area (Å²) in [5.41, 5.74) is 8.05. The lowest BCUT2D eigenvalue weighted by Crippen LogP contribution is -1.97. The van der Waals surface area contributed by atoms with Gasteiger partial charge in [-0.05, 0) is 95.2 Å². The Balaban J connectivity index is 0.000000255. The lowest BCUT2D eigenvalue weighted by Gasteiger charge is -2.16. The monoisotopic (exact) mass is 708 g/mol. The Morgan fingerprint density at radius 3 is 1.65 bits per heavy atom. The summed E-state index contributed by atoms with van der Waals surface area (Å²) >= 11 is 6.60. The minimum Gasteiger partial charge on any atom is -0.147 e. The van der Waals surface area contributed by atoms with E-state index in [-0.39, 0.29) is 30.2 Å². The van der Waals surface area contributed by atoms with Gasteiger partial charge in [0, 0.05) is 0 Å². The third-order valence-corrected chi connectivity index (χ3v) is 9.80. The minimum absolute atomic E-state index is 0. The van der Waals surface area contributed by atoms with E-state index in [4.69, 9.17) is 11.6 Å². The van der Waals surface area contributed by atoms with Crippen molar-refractivity contribution in [2.45, 2.75) is 77.0 Å². The standard InChI is InChI=1S/C23H25Cl.C23H24.2ClH/c1-17-8-5-12-20(16-17)23(24)15-6-9-18(2)21-14-7-11-19-10-3-4-13-22(19)21;1-18-9-7-12-20(17-18)11-4-3-10-19(2)22-16-8-14-21-13-5-6-15-23(21)22;;/h3-5,7-8,10-14,16,18,23H,6,9,15H2,1-2H3;4-9,11-17,19H,3,10H2,1-2H3;2*1H/b;11-4+;;/t18-,23?;19-;;/m00../s1. The van der Waals surface area contributed by atoms with Gasteiger partial charge in [-0.25, -0.2) is 0 Å². The first-order valence-electron chi connectivity index (χ1n) is 17.3. The summed E-state index contributed by atoms with van der Waals surface area (Å²) in [7, 11) is 0. The van der Waals surface area contributed by atoms with Gasteiger partial charge in [0.2, 0.25) is 0 Å². The first-order valence-corrected chi connectivity index (χ1v) is 17.7. The minimum atomic E-state index is 0. The zero-order valence-corrected chi connectivity index (χ0v) is 31.7. The van der Waals surface area contributed by atoms with Gasteiger partial charge in [-0.2, -0.15) is 0 Å². The summed E-state index contributed by atoms with van der Waals surface area (Å²) in [4.78, 5) is 0. The average Bonchev–Trinajstić information content (AvgIpc) is 3.09. The highest BCUT2D eigenvalue weighted by atomic mass is 35.5. The van der Waals surface area contributed by atoms with Crippen LogP contribution >= 0.6 is 36.4 Å². The summed E-state index contributed by atoms with van der Waals surface area (Å²) in [5.74, 6) is 1.13. The van der Waals surface area contributed by atoms with Crippen molar-refractivity contribution >= 4 is 64.0 Å². The summed E-state index contributed by atoms with van der Waals surface area (Å²) < 4.78 is 0. The van der Waals surface area contributed by atoms with Crippen LogP contribution in [-0.2, 0) is 0 Å². The maximum atomic E-state index is 6.60. The SMILES string of the molecule is Cc1cccc(/C=C/CC[C@H](C)c2cccc3ccccc23)c1.Cc1cccc(C(Cl)CCC[C@H](C)c2cccc3ccccc23)c1.Cl.Cl. The van der Waals surface area contributed by atoms with Crippen molar-refractivity contribution in [1.82, 2.24) is 0 Å². The van der Waals surface area contributed by atoms with Crippen molar-refractivity contribution in [3.05, 3.63) is 173 Å². The largest absolute Gasteiger partial charge is 0.147 e. The molecule has 256 valence electrons. The first-order chi connectivity index (χ1) is 22.9. The van der Waals surface area contributed by atoms with E-state index in [1.807, 2.05) is 0 Å². The molecule has 0 aromatic heterocycles. The molecule has 0 saturated heterocycles. The third kappa shape index (κ3) is 11.5. The molecule has 0 heterocycles. The fourth-order valence-electron chi connectivity index (χ4n) is 6.65. The Bertz CT molecular complexity index is 1900. The summed E-state index contributed by atoms with van der Waals surface area (Å²) in [6.07, 6.45) is 10.2. The fraction of sp³-hybridized carbons (Fsp3) is 0.261. The highest BCUT2D eigenvalue weighted by Gasteiger charge is 2.12. The Morgan fingerprint density at radius 2 is 1.06 bits per heavy atom. The maximum Gasteiger partial charge on any atom is 0.0585 e. The van der Waals surface area contributed by atoms with Gasteiger partial charge in [-0.3, -0.25) is 0 Å². The van der Waals surface area contributed by atoms with Crippen LogP contribution in [0.2, 0.25) is 0 Å². The van der Waals surface area contributed by atoms with Crippen molar-refractivity contribution in [2.75, 3.05) is 0 Å². The molecule has 0 saturated carbocycles. The molecule has 3 heteroatoms. The molecule has 3 atom stereocenters. The van der Waals surface area contributed by atoms with E-state index in [0.717, 1.165) is 19.3 Å². The van der Waals surface area contributed by atoms with Crippen molar-refractivity contribution < 1.29 is 0 Å². The van der Waals surface area contributed by atoms with Gasteiger partial charge in [0.1, 0.15) is 0 Å². The van der Waals surface area contributed by atoms with Gasteiger partial charge >= 0.3 is 0 Å². The van der Waals surface area contributed by atoms with Crippen molar-refractivity contribution in [3.8, 4) is 0 Å². The van der Waals surface area contributed by atoms with Gasteiger partial charge in [0.05, 0.1) is 5.38 Å². The lowest BCUT2D eigenvalue weighted by molar-refractivity contribution is 0.600. The van der Waals surface area contributed by atoms with Crippen molar-refractivity contribution in [3.63, 3.8) is 0 Å². The topological polar surface area (TPSA) is 0 Å². The van der Waals surface area contributed by atoms with E-state index in [0.29, 0.717) is 11.8 Å². The Kier molecular flexibility index (Phi) is 16.4. The molecule has 0 spiro atoms. The molecule has 6 aromatic rings. The summed E-state index contributed by atoms with van der Waals surface area (Å²) in [5, 5.41) is 5.56. The van der Waals surface area contributed by atoms with Crippen molar-refractivity contribution in [1.29, 1.82) is 0 Å². The van der Waals surface area contributed by atoms with Crippen LogP contribution in [0.15, 0.2) is 140 Å². The molecule has 0 radical (unpaired) electrons.